The molecule has 2 aromatic carbocycles. The van der Waals surface area contributed by atoms with Crippen molar-refractivity contribution in [2.75, 3.05) is 13.1 Å². The average Bonchev–Trinajstić information content (AvgIpc) is 2.73. The Morgan fingerprint density at radius 3 is 2.54 bits per heavy atom. The normalized spacial score (nSPS) is 16.9. The van der Waals surface area contributed by atoms with Gasteiger partial charge >= 0.3 is 0 Å². The molecule has 1 heterocycles. The summed E-state index contributed by atoms with van der Waals surface area (Å²) in [5.41, 5.74) is 3.81. The first-order chi connectivity index (χ1) is 13.5. The Morgan fingerprint density at radius 2 is 1.86 bits per heavy atom. The summed E-state index contributed by atoms with van der Waals surface area (Å²) in [6, 6.07) is 15.9. The summed E-state index contributed by atoms with van der Waals surface area (Å²) < 4.78 is 0. The SMILES string of the molecule is CCc1ccc(C(=O)N2CCC[C@@H](c3cccc(C(=O)NC(C)C)c3)C2)cc1. The Kier molecular flexibility index (Phi) is 6.50. The fourth-order valence-corrected chi connectivity index (χ4v) is 3.78. The smallest absolute Gasteiger partial charge is 0.253 e. The van der Waals surface area contributed by atoms with Crippen molar-refractivity contribution in [1.82, 2.24) is 10.2 Å². The van der Waals surface area contributed by atoms with Crippen LogP contribution in [-0.4, -0.2) is 35.8 Å². The third-order valence-corrected chi connectivity index (χ3v) is 5.36. The minimum atomic E-state index is -0.0448. The Hall–Kier alpha value is -2.62. The third-order valence-electron chi connectivity index (χ3n) is 5.36. The van der Waals surface area contributed by atoms with Crippen LogP contribution in [0.2, 0.25) is 0 Å². The Labute approximate surface area is 167 Å². The second-order valence-corrected chi connectivity index (χ2v) is 7.89. The number of rotatable bonds is 5. The molecule has 0 aliphatic carbocycles. The number of nitrogens with one attached hydrogen (secondary N) is 1. The van der Waals surface area contributed by atoms with Gasteiger partial charge in [-0.15, -0.1) is 0 Å². The minimum Gasteiger partial charge on any atom is -0.350 e. The molecule has 3 rings (SSSR count). The van der Waals surface area contributed by atoms with E-state index in [1.807, 2.05) is 61.2 Å². The second-order valence-electron chi connectivity index (χ2n) is 7.89. The molecule has 0 spiro atoms. The van der Waals surface area contributed by atoms with Crippen molar-refractivity contribution in [3.05, 3.63) is 70.8 Å². The van der Waals surface area contributed by atoms with E-state index in [9.17, 15) is 9.59 Å². The molecule has 0 bridgehead atoms. The first-order valence-electron chi connectivity index (χ1n) is 10.3. The zero-order valence-electron chi connectivity index (χ0n) is 17.1. The van der Waals surface area contributed by atoms with Crippen LogP contribution < -0.4 is 5.32 Å². The number of aryl methyl sites for hydroxylation is 1. The molecule has 1 atom stereocenters. The van der Waals surface area contributed by atoms with Crippen LogP contribution in [0.5, 0.6) is 0 Å². The lowest BCUT2D eigenvalue weighted by molar-refractivity contribution is 0.0706. The maximum atomic E-state index is 12.9. The van der Waals surface area contributed by atoms with Gasteiger partial charge in [-0.2, -0.15) is 0 Å². The fourth-order valence-electron chi connectivity index (χ4n) is 3.78. The lowest BCUT2D eigenvalue weighted by Gasteiger charge is -2.33. The molecule has 4 nitrogen and oxygen atoms in total. The van der Waals surface area contributed by atoms with Crippen LogP contribution in [0.3, 0.4) is 0 Å². The third kappa shape index (κ3) is 4.80. The first kappa shape index (κ1) is 20.1. The largest absolute Gasteiger partial charge is 0.350 e. The quantitative estimate of drug-likeness (QED) is 0.838. The predicted octanol–water partition coefficient (Wildman–Crippen LogP) is 4.41. The zero-order chi connectivity index (χ0) is 20.1. The highest BCUT2D eigenvalue weighted by molar-refractivity contribution is 5.95. The number of benzene rings is 2. The molecule has 148 valence electrons. The summed E-state index contributed by atoms with van der Waals surface area (Å²) in [4.78, 5) is 27.2. The van der Waals surface area contributed by atoms with E-state index in [1.54, 1.807) is 0 Å². The fraction of sp³-hybridized carbons (Fsp3) is 0.417. The summed E-state index contributed by atoms with van der Waals surface area (Å²) >= 11 is 0. The zero-order valence-corrected chi connectivity index (χ0v) is 17.1. The number of piperidine rings is 1. The molecule has 1 N–H and O–H groups in total. The van der Waals surface area contributed by atoms with E-state index in [1.165, 1.54) is 5.56 Å². The lowest BCUT2D eigenvalue weighted by Crippen LogP contribution is -2.39. The lowest BCUT2D eigenvalue weighted by atomic mass is 9.89. The number of hydrogen-bond acceptors (Lipinski definition) is 2. The van der Waals surface area contributed by atoms with Crippen LogP contribution in [0.4, 0.5) is 0 Å². The molecule has 0 radical (unpaired) electrons. The highest BCUT2D eigenvalue weighted by atomic mass is 16.2. The van der Waals surface area contributed by atoms with Gasteiger partial charge in [0.2, 0.25) is 0 Å². The van der Waals surface area contributed by atoms with Gasteiger partial charge in [0.25, 0.3) is 11.8 Å². The number of nitrogens with zero attached hydrogens (tertiary/aromatic N) is 1. The van der Waals surface area contributed by atoms with Crippen LogP contribution in [0.1, 0.15) is 71.4 Å². The summed E-state index contributed by atoms with van der Waals surface area (Å²) in [5, 5.41) is 2.94. The number of carbonyl (C=O) groups is 2. The Morgan fingerprint density at radius 1 is 1.11 bits per heavy atom. The van der Waals surface area contributed by atoms with Gasteiger partial charge in [-0.3, -0.25) is 9.59 Å². The molecule has 4 heteroatoms. The maximum Gasteiger partial charge on any atom is 0.253 e. The van der Waals surface area contributed by atoms with Crippen molar-refractivity contribution in [3.8, 4) is 0 Å². The van der Waals surface area contributed by atoms with Crippen molar-refractivity contribution in [1.29, 1.82) is 0 Å². The molecule has 28 heavy (non-hydrogen) atoms. The first-order valence-corrected chi connectivity index (χ1v) is 10.3. The molecule has 1 saturated heterocycles. The van der Waals surface area contributed by atoms with E-state index in [0.29, 0.717) is 12.1 Å². The Bertz CT molecular complexity index is 827. The summed E-state index contributed by atoms with van der Waals surface area (Å²) in [6.45, 7) is 7.52. The molecule has 0 saturated carbocycles. The molecule has 1 aliphatic heterocycles. The van der Waals surface area contributed by atoms with Crippen LogP contribution in [-0.2, 0) is 6.42 Å². The Balaban J connectivity index is 1.72. The summed E-state index contributed by atoms with van der Waals surface area (Å²) in [6.07, 6.45) is 2.99. The molecule has 2 aromatic rings. The highest BCUT2D eigenvalue weighted by Gasteiger charge is 2.26. The standard InChI is InChI=1S/C24H30N2O2/c1-4-18-10-12-19(13-11-18)24(28)26-14-6-9-22(16-26)20-7-5-8-21(15-20)23(27)25-17(2)3/h5,7-8,10-13,15,17,22H,4,6,9,14,16H2,1-3H3,(H,25,27)/t22-/m1/s1. The average molecular weight is 379 g/mol. The minimum absolute atomic E-state index is 0.0448. The van der Waals surface area contributed by atoms with Gasteiger partial charge in [-0.25, -0.2) is 0 Å². The number of carbonyl (C=O) groups excluding carboxylic acids is 2. The van der Waals surface area contributed by atoms with Crippen molar-refractivity contribution in [2.45, 2.75) is 52.0 Å². The van der Waals surface area contributed by atoms with Crippen LogP contribution in [0.15, 0.2) is 48.5 Å². The maximum absolute atomic E-state index is 12.9. The molecular weight excluding hydrogens is 348 g/mol. The van der Waals surface area contributed by atoms with Gasteiger partial charge in [0, 0.05) is 36.2 Å². The van der Waals surface area contributed by atoms with Crippen molar-refractivity contribution in [2.24, 2.45) is 0 Å². The van der Waals surface area contributed by atoms with Crippen molar-refractivity contribution in [3.63, 3.8) is 0 Å². The summed E-state index contributed by atoms with van der Waals surface area (Å²) in [5.74, 6) is 0.317. The predicted molar refractivity (Wildman–Crippen MR) is 113 cm³/mol. The molecule has 0 aromatic heterocycles. The number of amides is 2. The monoisotopic (exact) mass is 378 g/mol. The van der Waals surface area contributed by atoms with Crippen molar-refractivity contribution >= 4 is 11.8 Å². The molecular formula is C24H30N2O2. The topological polar surface area (TPSA) is 49.4 Å². The van der Waals surface area contributed by atoms with Gasteiger partial charge in [-0.05, 0) is 68.5 Å². The van der Waals surface area contributed by atoms with Crippen molar-refractivity contribution < 1.29 is 9.59 Å². The van der Waals surface area contributed by atoms with E-state index in [-0.39, 0.29) is 23.8 Å². The molecule has 2 amide bonds. The number of likely N-dealkylation sites (tertiary alicyclic amines) is 1. The van der Waals surface area contributed by atoms with E-state index in [0.717, 1.165) is 36.9 Å². The second kappa shape index (κ2) is 9.05. The van der Waals surface area contributed by atoms with Gasteiger partial charge in [-0.1, -0.05) is 31.2 Å². The van der Waals surface area contributed by atoms with Crippen LogP contribution in [0.25, 0.3) is 0 Å². The van der Waals surface area contributed by atoms with Gasteiger partial charge in [0.05, 0.1) is 0 Å². The summed E-state index contributed by atoms with van der Waals surface area (Å²) in [7, 11) is 0. The van der Waals surface area contributed by atoms with Gasteiger partial charge in [0.15, 0.2) is 0 Å². The number of hydrogen-bond donors (Lipinski definition) is 1. The van der Waals surface area contributed by atoms with Gasteiger partial charge in [0.1, 0.15) is 0 Å². The molecule has 1 aliphatic rings. The van der Waals surface area contributed by atoms with Crippen LogP contribution >= 0.6 is 0 Å². The molecule has 0 unspecified atom stereocenters. The van der Waals surface area contributed by atoms with E-state index >= 15 is 0 Å². The van der Waals surface area contributed by atoms with E-state index in [4.69, 9.17) is 0 Å². The molecule has 1 fully saturated rings. The van der Waals surface area contributed by atoms with Gasteiger partial charge < -0.3 is 10.2 Å². The highest BCUT2D eigenvalue weighted by Crippen LogP contribution is 2.28. The van der Waals surface area contributed by atoms with Crippen LogP contribution in [0, 0.1) is 0 Å². The van der Waals surface area contributed by atoms with E-state index < -0.39 is 0 Å². The van der Waals surface area contributed by atoms with E-state index in [2.05, 4.69) is 18.3 Å².